The lowest BCUT2D eigenvalue weighted by molar-refractivity contribution is 0.0972. The van der Waals surface area contributed by atoms with Crippen LogP contribution >= 0.6 is 0 Å². The molecule has 2 atom stereocenters. The summed E-state index contributed by atoms with van der Waals surface area (Å²) in [5.74, 6) is 0.878. The van der Waals surface area contributed by atoms with Gasteiger partial charge in [0.05, 0.1) is 19.3 Å². The molecule has 0 bridgehead atoms. The van der Waals surface area contributed by atoms with Gasteiger partial charge < -0.3 is 10.1 Å². The third-order valence-electron chi connectivity index (χ3n) is 6.42. The zero-order chi connectivity index (χ0) is 22.0. The molecule has 9 heteroatoms. The summed E-state index contributed by atoms with van der Waals surface area (Å²) in [7, 11) is -3.50. The quantitative estimate of drug-likeness (QED) is 0.740. The third kappa shape index (κ3) is 3.63. The molecule has 0 saturated heterocycles. The average Bonchev–Trinajstić information content (AvgIpc) is 3.37. The van der Waals surface area contributed by atoms with Gasteiger partial charge in [-0.2, -0.15) is 5.10 Å². The van der Waals surface area contributed by atoms with Crippen molar-refractivity contribution in [3.05, 3.63) is 34.5 Å². The highest BCUT2D eigenvalue weighted by atomic mass is 32.2. The standard InChI is InChI=1S/C22H29N5O3S/c1-13-7-15-9-14-5-4-6-16(14)19(17(15)8-13)25-21(28)26-31(23,29)18-10-24-27-11-22(2,3)12-30-20(18)27/h9-10,13H,4-8,11-12H2,1-3H3,(H3,23,25,26,28,29)/t13-,31+/m1/s1. The van der Waals surface area contributed by atoms with Crippen LogP contribution in [0.4, 0.5) is 10.5 Å². The fourth-order valence-electron chi connectivity index (χ4n) is 5.05. The molecule has 0 unspecified atom stereocenters. The summed E-state index contributed by atoms with van der Waals surface area (Å²) in [5, 5.41) is 13.2. The lowest BCUT2D eigenvalue weighted by Crippen LogP contribution is -2.33. The van der Waals surface area contributed by atoms with Crippen molar-refractivity contribution < 1.29 is 13.7 Å². The number of aromatic nitrogens is 2. The van der Waals surface area contributed by atoms with Crippen molar-refractivity contribution in [1.82, 2.24) is 9.78 Å². The normalized spacial score (nSPS) is 22.6. The third-order valence-corrected chi connectivity index (χ3v) is 7.77. The molecule has 1 aliphatic heterocycles. The van der Waals surface area contributed by atoms with Crippen molar-refractivity contribution in [3.8, 4) is 5.88 Å². The number of nitrogens with zero attached hydrogens (tertiary/aromatic N) is 3. The van der Waals surface area contributed by atoms with E-state index < -0.39 is 15.9 Å². The minimum absolute atomic E-state index is 0.0918. The zero-order valence-electron chi connectivity index (χ0n) is 18.2. The minimum Gasteiger partial charge on any atom is -0.476 e. The smallest absolute Gasteiger partial charge is 0.354 e. The first-order chi connectivity index (χ1) is 14.6. The van der Waals surface area contributed by atoms with Gasteiger partial charge >= 0.3 is 6.03 Å². The van der Waals surface area contributed by atoms with Gasteiger partial charge in [0.2, 0.25) is 5.88 Å². The number of hydrogen-bond donors (Lipinski definition) is 2. The van der Waals surface area contributed by atoms with E-state index in [-0.39, 0.29) is 10.3 Å². The molecule has 1 aromatic carbocycles. The number of fused-ring (bicyclic) bond motifs is 3. The molecule has 0 spiro atoms. The first-order valence-corrected chi connectivity index (χ1v) is 12.4. The molecule has 2 amide bonds. The number of aryl methyl sites for hydroxylation is 1. The van der Waals surface area contributed by atoms with Gasteiger partial charge in [0.15, 0.2) is 9.92 Å². The van der Waals surface area contributed by atoms with Crippen LogP contribution in [0, 0.1) is 11.3 Å². The molecule has 0 saturated carbocycles. The minimum atomic E-state index is -3.50. The Morgan fingerprint density at radius 3 is 2.94 bits per heavy atom. The first-order valence-electron chi connectivity index (χ1n) is 10.8. The van der Waals surface area contributed by atoms with E-state index in [2.05, 4.69) is 41.6 Å². The molecule has 2 aliphatic carbocycles. The van der Waals surface area contributed by atoms with Crippen LogP contribution in [-0.2, 0) is 42.1 Å². The number of benzene rings is 1. The topological polar surface area (TPSA) is 112 Å². The maximum Gasteiger partial charge on any atom is 0.354 e. The molecule has 0 fully saturated rings. The molecule has 31 heavy (non-hydrogen) atoms. The van der Waals surface area contributed by atoms with Gasteiger partial charge in [0, 0.05) is 11.1 Å². The largest absolute Gasteiger partial charge is 0.476 e. The molecule has 3 aliphatic rings. The van der Waals surface area contributed by atoms with Gasteiger partial charge in [-0.1, -0.05) is 26.8 Å². The maximum atomic E-state index is 13.2. The van der Waals surface area contributed by atoms with Crippen molar-refractivity contribution in [2.24, 2.45) is 20.8 Å². The van der Waals surface area contributed by atoms with E-state index in [4.69, 9.17) is 9.88 Å². The molecule has 2 heterocycles. The van der Waals surface area contributed by atoms with Crippen LogP contribution in [0.2, 0.25) is 0 Å². The van der Waals surface area contributed by atoms with Crippen LogP contribution in [0.5, 0.6) is 5.88 Å². The predicted octanol–water partition coefficient (Wildman–Crippen LogP) is 3.46. The van der Waals surface area contributed by atoms with Crippen molar-refractivity contribution >= 4 is 21.6 Å². The monoisotopic (exact) mass is 443 g/mol. The SMILES string of the molecule is C[C@@H]1Cc2cc3c(c(NC(=O)N=[S@](N)(=O)c4cnn5c4OCC(C)(C)C5)c2C1)CCC3. The predicted molar refractivity (Wildman–Crippen MR) is 119 cm³/mol. The molecule has 3 N–H and O–H groups in total. The van der Waals surface area contributed by atoms with Gasteiger partial charge in [0.25, 0.3) is 0 Å². The van der Waals surface area contributed by atoms with Crippen LogP contribution in [0.1, 0.15) is 49.4 Å². The van der Waals surface area contributed by atoms with E-state index in [1.807, 2.05) is 0 Å². The summed E-state index contributed by atoms with van der Waals surface area (Å²) in [6.45, 7) is 7.41. The Balaban J connectivity index is 1.47. The number of urea groups is 1. The Kier molecular flexibility index (Phi) is 4.67. The second kappa shape index (κ2) is 7.06. The number of ether oxygens (including phenoxy) is 1. The molecule has 5 rings (SSSR count). The fraction of sp³-hybridized carbons (Fsp3) is 0.545. The summed E-state index contributed by atoms with van der Waals surface area (Å²) in [4.78, 5) is 13.0. The number of amides is 2. The number of nitrogens with two attached hydrogens (primary N) is 1. The molecule has 1 aromatic heterocycles. The van der Waals surface area contributed by atoms with E-state index in [9.17, 15) is 9.00 Å². The highest BCUT2D eigenvalue weighted by Crippen LogP contribution is 2.40. The Morgan fingerprint density at radius 2 is 2.13 bits per heavy atom. The second-order valence-corrected chi connectivity index (χ2v) is 11.7. The molecular weight excluding hydrogens is 414 g/mol. The maximum absolute atomic E-state index is 13.2. The van der Waals surface area contributed by atoms with Crippen molar-refractivity contribution in [2.45, 2.75) is 64.3 Å². The highest BCUT2D eigenvalue weighted by Gasteiger charge is 2.32. The van der Waals surface area contributed by atoms with Gasteiger partial charge in [-0.25, -0.2) is 18.8 Å². The lowest BCUT2D eigenvalue weighted by Gasteiger charge is -2.30. The molecular formula is C22H29N5O3S. The first kappa shape index (κ1) is 20.5. The summed E-state index contributed by atoms with van der Waals surface area (Å²) in [5.41, 5.74) is 5.75. The van der Waals surface area contributed by atoms with Gasteiger partial charge in [-0.05, 0) is 60.3 Å². The number of carbonyl (C=O) groups is 1. The Bertz CT molecular complexity index is 1210. The fourth-order valence-corrected chi connectivity index (χ4v) is 6.05. The van der Waals surface area contributed by atoms with E-state index in [1.165, 1.54) is 28.5 Å². The van der Waals surface area contributed by atoms with E-state index >= 15 is 0 Å². The lowest BCUT2D eigenvalue weighted by atomic mass is 9.94. The van der Waals surface area contributed by atoms with Crippen LogP contribution in [0.3, 0.4) is 0 Å². The summed E-state index contributed by atoms with van der Waals surface area (Å²) >= 11 is 0. The highest BCUT2D eigenvalue weighted by molar-refractivity contribution is 7.91. The number of nitrogens with one attached hydrogen (secondary N) is 1. The van der Waals surface area contributed by atoms with Crippen LogP contribution in [0.25, 0.3) is 0 Å². The molecule has 2 aromatic rings. The summed E-state index contributed by atoms with van der Waals surface area (Å²) < 4.78 is 24.5. The number of hydrogen-bond acceptors (Lipinski definition) is 4. The van der Waals surface area contributed by atoms with Gasteiger partial charge in [0.1, 0.15) is 4.90 Å². The van der Waals surface area contributed by atoms with E-state index in [0.717, 1.165) is 37.8 Å². The number of rotatable bonds is 2. The van der Waals surface area contributed by atoms with Crippen LogP contribution < -0.4 is 15.2 Å². The van der Waals surface area contributed by atoms with Crippen molar-refractivity contribution in [3.63, 3.8) is 0 Å². The van der Waals surface area contributed by atoms with E-state index in [1.54, 1.807) is 4.68 Å². The Labute approximate surface area is 182 Å². The summed E-state index contributed by atoms with van der Waals surface area (Å²) in [6.07, 6.45) is 6.39. The van der Waals surface area contributed by atoms with Gasteiger partial charge in [-0.3, -0.25) is 0 Å². The zero-order valence-corrected chi connectivity index (χ0v) is 19.1. The van der Waals surface area contributed by atoms with Crippen LogP contribution in [-0.4, -0.2) is 26.6 Å². The second-order valence-electron chi connectivity index (χ2n) is 9.91. The molecule has 166 valence electrons. The van der Waals surface area contributed by atoms with Crippen LogP contribution in [0.15, 0.2) is 21.5 Å². The molecule has 8 nitrogen and oxygen atoms in total. The van der Waals surface area contributed by atoms with Crippen molar-refractivity contribution in [2.75, 3.05) is 11.9 Å². The number of anilines is 1. The van der Waals surface area contributed by atoms with E-state index in [0.29, 0.717) is 24.9 Å². The average molecular weight is 444 g/mol. The Hall–Kier alpha value is -2.39. The summed E-state index contributed by atoms with van der Waals surface area (Å²) in [6, 6.07) is 1.61. The number of carbonyl (C=O) groups excluding carboxylic acids is 1. The van der Waals surface area contributed by atoms with Gasteiger partial charge in [-0.15, -0.1) is 4.36 Å². The van der Waals surface area contributed by atoms with Crippen molar-refractivity contribution in [1.29, 1.82) is 0 Å². The Morgan fingerprint density at radius 1 is 1.32 bits per heavy atom. The molecule has 0 radical (unpaired) electrons.